The molecule has 3 rings (SSSR count). The van der Waals surface area contributed by atoms with E-state index in [1.165, 1.54) is 58.2 Å². The van der Waals surface area contributed by atoms with Gasteiger partial charge < -0.3 is 10.6 Å². The lowest BCUT2D eigenvalue weighted by Gasteiger charge is -2.42. The Labute approximate surface area is 93.2 Å². The van der Waals surface area contributed by atoms with Gasteiger partial charge in [-0.15, -0.1) is 0 Å². The second kappa shape index (κ2) is 3.21. The van der Waals surface area contributed by atoms with E-state index in [0.717, 1.165) is 0 Å². The van der Waals surface area contributed by atoms with Crippen LogP contribution in [-0.4, -0.2) is 30.6 Å². The van der Waals surface area contributed by atoms with Crippen LogP contribution in [0.4, 0.5) is 0 Å². The van der Waals surface area contributed by atoms with E-state index in [2.05, 4.69) is 11.8 Å². The first kappa shape index (κ1) is 10.1. The third-order valence-corrected chi connectivity index (χ3v) is 5.63. The van der Waals surface area contributed by atoms with Crippen molar-refractivity contribution in [2.45, 2.75) is 51.5 Å². The molecule has 1 aliphatic heterocycles. The monoisotopic (exact) mass is 208 g/mol. The molecule has 0 aromatic carbocycles. The molecule has 15 heavy (non-hydrogen) atoms. The summed E-state index contributed by atoms with van der Waals surface area (Å²) in [6.07, 6.45) is 8.43. The van der Waals surface area contributed by atoms with Crippen molar-refractivity contribution in [3.8, 4) is 0 Å². The normalized spacial score (nSPS) is 37.6. The first-order valence-electron chi connectivity index (χ1n) is 6.69. The average Bonchev–Trinajstić information content (AvgIpc) is 3.02. The maximum Gasteiger partial charge on any atom is 0.0153 e. The van der Waals surface area contributed by atoms with Crippen LogP contribution in [-0.2, 0) is 0 Å². The highest BCUT2D eigenvalue weighted by Gasteiger charge is 2.60. The number of piperidine rings is 1. The number of rotatable bonds is 1. The van der Waals surface area contributed by atoms with Gasteiger partial charge in [0.05, 0.1) is 0 Å². The Morgan fingerprint density at radius 1 is 1.00 bits per heavy atom. The lowest BCUT2D eigenvalue weighted by atomic mass is 9.72. The van der Waals surface area contributed by atoms with Crippen molar-refractivity contribution in [2.75, 3.05) is 19.6 Å². The minimum atomic E-state index is 0.531. The van der Waals surface area contributed by atoms with Crippen molar-refractivity contribution < 1.29 is 0 Å². The molecule has 2 heteroatoms. The van der Waals surface area contributed by atoms with Gasteiger partial charge in [-0.05, 0) is 69.0 Å². The van der Waals surface area contributed by atoms with Crippen LogP contribution in [0.2, 0.25) is 0 Å². The van der Waals surface area contributed by atoms with Crippen LogP contribution in [0.25, 0.3) is 0 Å². The molecule has 0 amide bonds. The summed E-state index contributed by atoms with van der Waals surface area (Å²) in [4.78, 5) is 2.58. The summed E-state index contributed by atoms with van der Waals surface area (Å²) >= 11 is 0. The van der Waals surface area contributed by atoms with Crippen LogP contribution < -0.4 is 5.73 Å². The number of hydrogen-bond acceptors (Lipinski definition) is 2. The maximum absolute atomic E-state index is 6.55. The highest BCUT2D eigenvalue weighted by Crippen LogP contribution is 2.65. The lowest BCUT2D eigenvalue weighted by molar-refractivity contribution is 0.0904. The summed E-state index contributed by atoms with van der Waals surface area (Å²) in [5.74, 6) is 0. The average molecular weight is 208 g/mol. The fraction of sp³-hybridized carbons (Fsp3) is 1.00. The molecule has 2 nitrogen and oxygen atoms in total. The molecule has 1 atom stereocenters. The SMILES string of the molecule is CCN1CCC2(CC1)CCC1(CC1)[C@H]2N. The van der Waals surface area contributed by atoms with E-state index in [-0.39, 0.29) is 0 Å². The molecule has 0 unspecified atom stereocenters. The van der Waals surface area contributed by atoms with Gasteiger partial charge in [0.25, 0.3) is 0 Å². The Morgan fingerprint density at radius 2 is 1.47 bits per heavy atom. The number of likely N-dealkylation sites (tertiary alicyclic amines) is 1. The third kappa shape index (κ3) is 1.38. The predicted molar refractivity (Wildman–Crippen MR) is 62.7 cm³/mol. The molecule has 0 bridgehead atoms. The molecule has 2 aliphatic carbocycles. The molecule has 0 radical (unpaired) electrons. The van der Waals surface area contributed by atoms with Gasteiger partial charge in [0.15, 0.2) is 0 Å². The largest absolute Gasteiger partial charge is 0.327 e. The fourth-order valence-electron chi connectivity index (χ4n) is 4.06. The van der Waals surface area contributed by atoms with Crippen molar-refractivity contribution in [1.82, 2.24) is 4.90 Å². The molecular weight excluding hydrogens is 184 g/mol. The highest BCUT2D eigenvalue weighted by atomic mass is 15.1. The van der Waals surface area contributed by atoms with Crippen LogP contribution in [0.1, 0.15) is 45.4 Å². The van der Waals surface area contributed by atoms with Gasteiger partial charge in [0.1, 0.15) is 0 Å². The molecule has 0 aromatic rings. The maximum atomic E-state index is 6.55. The van der Waals surface area contributed by atoms with Gasteiger partial charge in [-0.1, -0.05) is 6.92 Å². The Kier molecular flexibility index (Phi) is 2.16. The van der Waals surface area contributed by atoms with Crippen molar-refractivity contribution in [3.63, 3.8) is 0 Å². The van der Waals surface area contributed by atoms with Gasteiger partial charge in [0.2, 0.25) is 0 Å². The van der Waals surface area contributed by atoms with E-state index in [4.69, 9.17) is 5.73 Å². The Balaban J connectivity index is 1.71. The van der Waals surface area contributed by atoms with Crippen LogP contribution in [0, 0.1) is 10.8 Å². The summed E-state index contributed by atoms with van der Waals surface area (Å²) in [7, 11) is 0. The zero-order chi connectivity index (χ0) is 10.5. The minimum absolute atomic E-state index is 0.531. The Bertz CT molecular complexity index is 249. The van der Waals surface area contributed by atoms with E-state index >= 15 is 0 Å². The zero-order valence-corrected chi connectivity index (χ0v) is 9.97. The second-order valence-electron chi connectivity index (χ2n) is 6.14. The molecule has 1 saturated heterocycles. The fourth-order valence-corrected chi connectivity index (χ4v) is 4.06. The topological polar surface area (TPSA) is 29.3 Å². The summed E-state index contributed by atoms with van der Waals surface area (Å²) in [5, 5.41) is 0. The van der Waals surface area contributed by atoms with Gasteiger partial charge in [0, 0.05) is 6.04 Å². The molecule has 86 valence electrons. The molecular formula is C13H24N2. The van der Waals surface area contributed by atoms with Crippen LogP contribution in [0.15, 0.2) is 0 Å². The lowest BCUT2D eigenvalue weighted by Crippen LogP contribution is -2.49. The van der Waals surface area contributed by atoms with Crippen molar-refractivity contribution >= 4 is 0 Å². The molecule has 2 spiro atoms. The van der Waals surface area contributed by atoms with Gasteiger partial charge in [-0.3, -0.25) is 0 Å². The Morgan fingerprint density at radius 3 is 1.93 bits per heavy atom. The summed E-state index contributed by atoms with van der Waals surface area (Å²) in [6.45, 7) is 6.08. The quantitative estimate of drug-likeness (QED) is 0.714. The molecule has 3 fully saturated rings. The van der Waals surface area contributed by atoms with E-state index in [1.54, 1.807) is 0 Å². The summed E-state index contributed by atoms with van der Waals surface area (Å²) in [6, 6.07) is 0.531. The zero-order valence-electron chi connectivity index (χ0n) is 9.97. The van der Waals surface area contributed by atoms with Crippen LogP contribution in [0.5, 0.6) is 0 Å². The van der Waals surface area contributed by atoms with Crippen molar-refractivity contribution in [1.29, 1.82) is 0 Å². The molecule has 2 N–H and O–H groups in total. The van der Waals surface area contributed by atoms with E-state index in [0.29, 0.717) is 16.9 Å². The molecule has 0 aromatic heterocycles. The van der Waals surface area contributed by atoms with Gasteiger partial charge in [-0.25, -0.2) is 0 Å². The number of nitrogens with zero attached hydrogens (tertiary/aromatic N) is 1. The first-order chi connectivity index (χ1) is 7.21. The first-order valence-corrected chi connectivity index (χ1v) is 6.69. The Hall–Kier alpha value is -0.0800. The molecule has 2 saturated carbocycles. The predicted octanol–water partition coefficient (Wildman–Crippen LogP) is 1.99. The number of hydrogen-bond donors (Lipinski definition) is 1. The standard InChI is InChI=1S/C13H24N2/c1-2-15-9-7-13(8-10-15)6-5-12(3-4-12)11(13)14/h11H,2-10,14H2,1H3/t11-/m1/s1. The smallest absolute Gasteiger partial charge is 0.0153 e. The van der Waals surface area contributed by atoms with Crippen LogP contribution >= 0.6 is 0 Å². The third-order valence-electron chi connectivity index (χ3n) is 5.63. The highest BCUT2D eigenvalue weighted by molar-refractivity contribution is 5.14. The van der Waals surface area contributed by atoms with Crippen molar-refractivity contribution in [2.24, 2.45) is 16.6 Å². The summed E-state index contributed by atoms with van der Waals surface area (Å²) < 4.78 is 0. The van der Waals surface area contributed by atoms with Gasteiger partial charge in [-0.2, -0.15) is 0 Å². The number of nitrogens with two attached hydrogens (primary N) is 1. The molecule has 1 heterocycles. The van der Waals surface area contributed by atoms with E-state index in [1.807, 2.05) is 0 Å². The second-order valence-corrected chi connectivity index (χ2v) is 6.14. The van der Waals surface area contributed by atoms with Crippen LogP contribution in [0.3, 0.4) is 0 Å². The van der Waals surface area contributed by atoms with E-state index < -0.39 is 0 Å². The van der Waals surface area contributed by atoms with Crippen molar-refractivity contribution in [3.05, 3.63) is 0 Å². The van der Waals surface area contributed by atoms with Gasteiger partial charge >= 0.3 is 0 Å². The van der Waals surface area contributed by atoms with E-state index in [9.17, 15) is 0 Å². The molecule has 3 aliphatic rings. The summed E-state index contributed by atoms with van der Waals surface area (Å²) in [5.41, 5.74) is 7.72. The minimum Gasteiger partial charge on any atom is -0.327 e.